The van der Waals surface area contributed by atoms with E-state index in [0.29, 0.717) is 17.2 Å². The van der Waals surface area contributed by atoms with Gasteiger partial charge in [0, 0.05) is 12.1 Å². The van der Waals surface area contributed by atoms with Gasteiger partial charge in [0.15, 0.2) is 0 Å². The first-order valence-corrected chi connectivity index (χ1v) is 10.6. The lowest BCUT2D eigenvalue weighted by atomic mass is 10.0. The van der Waals surface area contributed by atoms with Gasteiger partial charge in [-0.2, -0.15) is 0 Å². The number of aliphatic imine (C=N–C) groups is 1. The predicted octanol–water partition coefficient (Wildman–Crippen LogP) is 3.76. The molecule has 1 aliphatic rings. The summed E-state index contributed by atoms with van der Waals surface area (Å²) in [6.07, 6.45) is 3.53. The lowest BCUT2D eigenvalue weighted by Gasteiger charge is -2.30. The lowest BCUT2D eigenvalue weighted by molar-refractivity contribution is 0.220. The lowest BCUT2D eigenvalue weighted by Crippen LogP contribution is -2.37. The van der Waals surface area contributed by atoms with E-state index in [1.807, 2.05) is 54.6 Å². The number of nitrogen functional groups attached to an aromatic ring is 2. The third-order valence-electron chi connectivity index (χ3n) is 5.49. The van der Waals surface area contributed by atoms with Crippen molar-refractivity contribution in [1.29, 1.82) is 0 Å². The van der Waals surface area contributed by atoms with Gasteiger partial charge >= 0.3 is 0 Å². The van der Waals surface area contributed by atoms with E-state index in [0.717, 1.165) is 55.3 Å². The van der Waals surface area contributed by atoms with Crippen LogP contribution in [-0.2, 0) is 0 Å². The van der Waals surface area contributed by atoms with E-state index >= 15 is 0 Å². The van der Waals surface area contributed by atoms with Crippen LogP contribution in [-0.4, -0.2) is 46.3 Å². The van der Waals surface area contributed by atoms with Crippen LogP contribution in [0.25, 0.3) is 0 Å². The van der Waals surface area contributed by atoms with Gasteiger partial charge in [0.25, 0.3) is 0 Å². The molecule has 31 heavy (non-hydrogen) atoms. The first-order chi connectivity index (χ1) is 15.1. The maximum atomic E-state index is 6.20. The van der Waals surface area contributed by atoms with E-state index in [2.05, 4.69) is 21.8 Å². The van der Waals surface area contributed by atoms with Gasteiger partial charge in [0.2, 0.25) is 0 Å². The minimum absolute atomic E-state index is 0.169. The molecule has 0 amide bonds. The van der Waals surface area contributed by atoms with E-state index in [1.165, 1.54) is 6.33 Å². The van der Waals surface area contributed by atoms with Gasteiger partial charge in [-0.3, -0.25) is 4.99 Å². The number of hydrogen-bond acceptors (Lipinski definition) is 7. The van der Waals surface area contributed by atoms with Crippen LogP contribution in [0.5, 0.6) is 11.5 Å². The summed E-state index contributed by atoms with van der Waals surface area (Å²) in [5.41, 5.74) is 14.6. The molecule has 0 aliphatic carbocycles. The quantitative estimate of drug-likeness (QED) is 0.593. The standard InChI is InChI=1S/C24H28N6O/c1-2-30-14-6-7-18(15-30)29-22(21-23(25)27-16-28-24(21)26)17-10-12-20(13-11-17)31-19-8-4-3-5-9-19/h3-5,8-13,16,18H,2,6-7,14-15H2,1H3,(H4,25,26,27,28). The zero-order valence-electron chi connectivity index (χ0n) is 17.7. The molecule has 0 bridgehead atoms. The number of likely N-dealkylation sites (tertiary alicyclic amines) is 1. The summed E-state index contributed by atoms with van der Waals surface area (Å²) < 4.78 is 5.92. The second kappa shape index (κ2) is 9.57. The topological polar surface area (TPSA) is 103 Å². The van der Waals surface area contributed by atoms with Crippen molar-refractivity contribution in [3.8, 4) is 11.5 Å². The molecule has 2 heterocycles. The summed E-state index contributed by atoms with van der Waals surface area (Å²) in [4.78, 5) is 15.8. The molecule has 1 aliphatic heterocycles. The van der Waals surface area contributed by atoms with Crippen LogP contribution in [0.1, 0.15) is 30.9 Å². The number of likely N-dealkylation sites (N-methyl/N-ethyl adjacent to an activating group) is 1. The minimum Gasteiger partial charge on any atom is -0.457 e. The number of hydrogen-bond donors (Lipinski definition) is 2. The molecule has 0 radical (unpaired) electrons. The molecule has 7 nitrogen and oxygen atoms in total. The first-order valence-electron chi connectivity index (χ1n) is 10.6. The Morgan fingerprint density at radius 1 is 1.03 bits per heavy atom. The Balaban J connectivity index is 1.68. The molecular weight excluding hydrogens is 388 g/mol. The van der Waals surface area contributed by atoms with Gasteiger partial charge < -0.3 is 21.1 Å². The molecule has 0 spiro atoms. The second-order valence-electron chi connectivity index (χ2n) is 7.63. The molecule has 3 aromatic rings. The molecule has 1 aromatic heterocycles. The van der Waals surface area contributed by atoms with Gasteiger partial charge in [-0.25, -0.2) is 9.97 Å². The van der Waals surface area contributed by atoms with Crippen molar-refractivity contribution >= 4 is 17.3 Å². The highest BCUT2D eigenvalue weighted by molar-refractivity contribution is 6.17. The second-order valence-corrected chi connectivity index (χ2v) is 7.63. The molecule has 2 aromatic carbocycles. The van der Waals surface area contributed by atoms with Crippen molar-refractivity contribution in [2.75, 3.05) is 31.1 Å². The monoisotopic (exact) mass is 416 g/mol. The average Bonchev–Trinajstić information content (AvgIpc) is 2.80. The fourth-order valence-corrected chi connectivity index (χ4v) is 3.85. The number of benzene rings is 2. The summed E-state index contributed by atoms with van der Waals surface area (Å²) in [7, 11) is 0. The normalized spacial score (nSPS) is 17.5. The van der Waals surface area contributed by atoms with Crippen LogP contribution in [0.3, 0.4) is 0 Å². The van der Waals surface area contributed by atoms with E-state index in [4.69, 9.17) is 21.2 Å². The van der Waals surface area contributed by atoms with Gasteiger partial charge in [-0.05, 0) is 62.3 Å². The Bertz CT molecular complexity index is 1020. The largest absolute Gasteiger partial charge is 0.457 e. The van der Waals surface area contributed by atoms with Crippen LogP contribution in [0.2, 0.25) is 0 Å². The van der Waals surface area contributed by atoms with E-state index in [-0.39, 0.29) is 6.04 Å². The molecule has 160 valence electrons. The number of para-hydroxylation sites is 1. The van der Waals surface area contributed by atoms with E-state index in [9.17, 15) is 0 Å². The van der Waals surface area contributed by atoms with Crippen LogP contribution in [0.15, 0.2) is 65.9 Å². The Morgan fingerprint density at radius 3 is 2.39 bits per heavy atom. The fraction of sp³-hybridized carbons (Fsp3) is 0.292. The first kappa shape index (κ1) is 20.8. The molecule has 1 unspecified atom stereocenters. The zero-order valence-corrected chi connectivity index (χ0v) is 17.7. The summed E-state index contributed by atoms with van der Waals surface area (Å²) in [6.45, 7) is 5.23. The van der Waals surface area contributed by atoms with Gasteiger partial charge in [0.1, 0.15) is 29.5 Å². The SMILES string of the molecule is CCN1CCCC(N=C(c2ccc(Oc3ccccc3)cc2)c2c(N)ncnc2N)C1. The van der Waals surface area contributed by atoms with Crippen LogP contribution >= 0.6 is 0 Å². The number of piperidine rings is 1. The Morgan fingerprint density at radius 2 is 1.71 bits per heavy atom. The minimum atomic E-state index is 0.169. The van der Waals surface area contributed by atoms with Crippen molar-refractivity contribution in [3.05, 3.63) is 72.1 Å². The van der Waals surface area contributed by atoms with Crippen molar-refractivity contribution in [3.63, 3.8) is 0 Å². The number of nitrogens with zero attached hydrogens (tertiary/aromatic N) is 4. The smallest absolute Gasteiger partial charge is 0.138 e. The third kappa shape index (κ3) is 5.00. The zero-order chi connectivity index (χ0) is 21.6. The van der Waals surface area contributed by atoms with Crippen LogP contribution < -0.4 is 16.2 Å². The number of rotatable bonds is 6. The van der Waals surface area contributed by atoms with Gasteiger partial charge in [-0.1, -0.05) is 25.1 Å². The van der Waals surface area contributed by atoms with Crippen LogP contribution in [0, 0.1) is 0 Å². The molecule has 1 fully saturated rings. The maximum absolute atomic E-state index is 6.20. The third-order valence-corrected chi connectivity index (χ3v) is 5.49. The number of ether oxygens (including phenoxy) is 1. The Labute approximate surface area is 182 Å². The van der Waals surface area contributed by atoms with E-state index < -0.39 is 0 Å². The molecule has 1 atom stereocenters. The van der Waals surface area contributed by atoms with Crippen molar-refractivity contribution in [2.45, 2.75) is 25.8 Å². The summed E-state index contributed by atoms with van der Waals surface area (Å²) >= 11 is 0. The summed E-state index contributed by atoms with van der Waals surface area (Å²) in [6, 6.07) is 17.7. The summed E-state index contributed by atoms with van der Waals surface area (Å²) in [5.74, 6) is 2.20. The highest BCUT2D eigenvalue weighted by Crippen LogP contribution is 2.26. The molecule has 0 saturated carbocycles. The van der Waals surface area contributed by atoms with Gasteiger partial charge in [-0.15, -0.1) is 0 Å². The molecule has 1 saturated heterocycles. The van der Waals surface area contributed by atoms with E-state index in [1.54, 1.807) is 0 Å². The molecule has 7 heteroatoms. The van der Waals surface area contributed by atoms with Crippen molar-refractivity contribution < 1.29 is 4.74 Å². The van der Waals surface area contributed by atoms with Gasteiger partial charge in [0.05, 0.1) is 17.3 Å². The number of nitrogens with two attached hydrogens (primary N) is 2. The highest BCUT2D eigenvalue weighted by atomic mass is 16.5. The summed E-state index contributed by atoms with van der Waals surface area (Å²) in [5, 5.41) is 0. The fourth-order valence-electron chi connectivity index (χ4n) is 3.85. The number of anilines is 2. The maximum Gasteiger partial charge on any atom is 0.138 e. The Kier molecular flexibility index (Phi) is 6.43. The average molecular weight is 417 g/mol. The van der Waals surface area contributed by atoms with Crippen molar-refractivity contribution in [2.24, 2.45) is 4.99 Å². The van der Waals surface area contributed by atoms with Crippen molar-refractivity contribution in [1.82, 2.24) is 14.9 Å². The number of aromatic nitrogens is 2. The Hall–Kier alpha value is -3.45. The highest BCUT2D eigenvalue weighted by Gasteiger charge is 2.22. The molecule has 4 N–H and O–H groups in total. The van der Waals surface area contributed by atoms with Crippen LogP contribution in [0.4, 0.5) is 11.6 Å². The molecule has 4 rings (SSSR count). The predicted molar refractivity (Wildman–Crippen MR) is 125 cm³/mol. The molecular formula is C24H28N6O.